The average Bonchev–Trinajstić information content (AvgIpc) is 3.40. The zero-order valence-corrected chi connectivity index (χ0v) is 17.7. The van der Waals surface area contributed by atoms with E-state index in [4.69, 9.17) is 15.2 Å². The quantitative estimate of drug-likeness (QED) is 0.411. The molecule has 1 amide bonds. The minimum Gasteiger partial charge on any atom is -0.364 e. The maximum atomic E-state index is 13.0. The molecular weight excluding hydrogens is 414 g/mol. The zero-order chi connectivity index (χ0) is 22.6. The van der Waals surface area contributed by atoms with Crippen LogP contribution >= 0.6 is 0 Å². The summed E-state index contributed by atoms with van der Waals surface area (Å²) >= 11 is 0. The van der Waals surface area contributed by atoms with E-state index in [-0.39, 0.29) is 12.5 Å². The minimum absolute atomic E-state index is 0.248. The summed E-state index contributed by atoms with van der Waals surface area (Å²) in [5, 5.41) is 7.35. The molecule has 0 aliphatic rings. The number of benzene rings is 2. The largest absolute Gasteiger partial charge is 0.364 e. The molecule has 3 heterocycles. The Balaban J connectivity index is 1.62. The van der Waals surface area contributed by atoms with E-state index in [2.05, 4.69) is 15.5 Å². The number of aromatic nitrogens is 3. The first kappa shape index (κ1) is 20.5. The molecule has 162 valence electrons. The van der Waals surface area contributed by atoms with Gasteiger partial charge < -0.3 is 15.6 Å². The summed E-state index contributed by atoms with van der Waals surface area (Å²) in [6.45, 7) is 0.730. The minimum atomic E-state index is -0.301. The summed E-state index contributed by atoms with van der Waals surface area (Å²) in [6, 6.07) is 23.6. The van der Waals surface area contributed by atoms with Gasteiger partial charge in [-0.1, -0.05) is 59.8 Å². The van der Waals surface area contributed by atoms with Crippen molar-refractivity contribution in [2.24, 2.45) is 5.73 Å². The summed E-state index contributed by atoms with van der Waals surface area (Å²) < 4.78 is 4.82. The van der Waals surface area contributed by atoms with Gasteiger partial charge in [0.25, 0.3) is 5.91 Å². The summed E-state index contributed by atoms with van der Waals surface area (Å²) in [6.07, 6.45) is 3.07. The molecular formula is C26H21N5O2. The number of nitrogens with two attached hydrogens (primary N) is 1. The number of nitrogens with zero attached hydrogens (tertiary/aromatic N) is 3. The predicted molar refractivity (Wildman–Crippen MR) is 126 cm³/mol. The number of amides is 1. The molecule has 0 saturated carbocycles. The first-order valence-corrected chi connectivity index (χ1v) is 10.5. The van der Waals surface area contributed by atoms with E-state index < -0.39 is 0 Å². The number of pyridine rings is 2. The fourth-order valence-electron chi connectivity index (χ4n) is 3.72. The van der Waals surface area contributed by atoms with Gasteiger partial charge in [0, 0.05) is 35.3 Å². The molecule has 0 aliphatic heterocycles. The van der Waals surface area contributed by atoms with E-state index in [1.807, 2.05) is 66.7 Å². The third-order valence-electron chi connectivity index (χ3n) is 5.43. The zero-order valence-electron chi connectivity index (χ0n) is 17.7. The molecule has 0 aliphatic carbocycles. The fraction of sp³-hybridized carbons (Fsp3) is 0.0769. The number of hydrogen-bond donors (Lipinski definition) is 2. The molecule has 33 heavy (non-hydrogen) atoms. The number of carbonyl (C=O) groups excluding carboxylic acids is 1. The Hall–Kier alpha value is -4.36. The van der Waals surface area contributed by atoms with Gasteiger partial charge in [-0.3, -0.25) is 9.78 Å². The molecule has 0 unspecified atom stereocenters. The molecule has 0 fully saturated rings. The van der Waals surface area contributed by atoms with Crippen molar-refractivity contribution >= 4 is 16.8 Å². The van der Waals surface area contributed by atoms with Gasteiger partial charge in [-0.15, -0.1) is 0 Å². The fourth-order valence-corrected chi connectivity index (χ4v) is 3.72. The lowest BCUT2D eigenvalue weighted by Crippen LogP contribution is -2.24. The van der Waals surface area contributed by atoms with Gasteiger partial charge in [0.2, 0.25) is 0 Å². The van der Waals surface area contributed by atoms with Crippen LogP contribution in [0, 0.1) is 0 Å². The molecule has 0 bridgehead atoms. The summed E-state index contributed by atoms with van der Waals surface area (Å²) in [4.78, 5) is 22.3. The molecule has 5 rings (SSSR count). The molecule has 7 nitrogen and oxygen atoms in total. The van der Waals surface area contributed by atoms with Crippen LogP contribution in [0.1, 0.15) is 21.7 Å². The van der Waals surface area contributed by atoms with Gasteiger partial charge in [-0.25, -0.2) is 4.98 Å². The molecule has 2 aromatic carbocycles. The van der Waals surface area contributed by atoms with Crippen molar-refractivity contribution in [3.8, 4) is 22.4 Å². The predicted octanol–water partition coefficient (Wildman–Crippen LogP) is 4.34. The van der Waals surface area contributed by atoms with Crippen LogP contribution in [-0.2, 0) is 13.1 Å². The normalized spacial score (nSPS) is 10.9. The first-order valence-electron chi connectivity index (χ1n) is 10.5. The summed E-state index contributed by atoms with van der Waals surface area (Å²) in [7, 11) is 0. The van der Waals surface area contributed by atoms with E-state index in [0.717, 1.165) is 27.9 Å². The van der Waals surface area contributed by atoms with Crippen LogP contribution in [0.2, 0.25) is 0 Å². The van der Waals surface area contributed by atoms with E-state index >= 15 is 0 Å². The Labute approximate surface area is 190 Å². The van der Waals surface area contributed by atoms with Gasteiger partial charge >= 0.3 is 0 Å². The number of fused-ring (bicyclic) bond motifs is 1. The highest BCUT2D eigenvalue weighted by molar-refractivity contribution is 6.06. The first-order chi connectivity index (χ1) is 16.2. The van der Waals surface area contributed by atoms with Crippen molar-refractivity contribution in [3.63, 3.8) is 0 Å². The second-order valence-electron chi connectivity index (χ2n) is 7.55. The highest BCUT2D eigenvalue weighted by Gasteiger charge is 2.17. The van der Waals surface area contributed by atoms with Crippen molar-refractivity contribution in [1.82, 2.24) is 20.4 Å². The van der Waals surface area contributed by atoms with E-state index in [1.54, 1.807) is 12.3 Å². The second kappa shape index (κ2) is 9.02. The third-order valence-corrected chi connectivity index (χ3v) is 5.43. The monoisotopic (exact) mass is 435 g/mol. The maximum absolute atomic E-state index is 13.0. The lowest BCUT2D eigenvalue weighted by molar-refractivity contribution is 0.0947. The Morgan fingerprint density at radius 2 is 1.79 bits per heavy atom. The molecule has 7 heteroatoms. The van der Waals surface area contributed by atoms with Gasteiger partial charge in [0.05, 0.1) is 17.8 Å². The molecule has 5 aromatic rings. The molecule has 0 atom stereocenters. The van der Waals surface area contributed by atoms with Crippen molar-refractivity contribution in [2.75, 3.05) is 0 Å². The van der Waals surface area contributed by atoms with Gasteiger partial charge in [-0.05, 0) is 23.3 Å². The van der Waals surface area contributed by atoms with Crippen molar-refractivity contribution in [3.05, 3.63) is 102 Å². The van der Waals surface area contributed by atoms with Gasteiger partial charge in [0.15, 0.2) is 0 Å². The van der Waals surface area contributed by atoms with Crippen LogP contribution in [0.15, 0.2) is 89.8 Å². The second-order valence-corrected chi connectivity index (χ2v) is 7.55. The SMILES string of the molecule is NCc1ccc(-c2nc3ccnc(C(=O)NCc4ccon4)c3cc2-c2ccccc2)cc1. The number of rotatable bonds is 6. The van der Waals surface area contributed by atoms with Crippen LogP contribution < -0.4 is 11.1 Å². The smallest absolute Gasteiger partial charge is 0.270 e. The van der Waals surface area contributed by atoms with Gasteiger partial charge in [0.1, 0.15) is 17.7 Å². The third kappa shape index (κ3) is 4.22. The van der Waals surface area contributed by atoms with Crippen molar-refractivity contribution < 1.29 is 9.32 Å². The highest BCUT2D eigenvalue weighted by atomic mass is 16.5. The van der Waals surface area contributed by atoms with Crippen LogP contribution in [-0.4, -0.2) is 21.0 Å². The average molecular weight is 435 g/mol. The lowest BCUT2D eigenvalue weighted by Gasteiger charge is -2.13. The number of carbonyl (C=O) groups is 1. The van der Waals surface area contributed by atoms with Crippen molar-refractivity contribution in [1.29, 1.82) is 0 Å². The summed E-state index contributed by atoms with van der Waals surface area (Å²) in [5.41, 5.74) is 12.2. The number of nitrogens with one attached hydrogen (secondary N) is 1. The lowest BCUT2D eigenvalue weighted by atomic mass is 9.96. The number of hydrogen-bond acceptors (Lipinski definition) is 6. The van der Waals surface area contributed by atoms with Crippen LogP contribution in [0.5, 0.6) is 0 Å². The van der Waals surface area contributed by atoms with E-state index in [9.17, 15) is 4.79 Å². The molecule has 0 radical (unpaired) electrons. The molecule has 3 aromatic heterocycles. The Bertz CT molecular complexity index is 1400. The standard InChI is InChI=1S/C26H21N5O2/c27-15-17-6-8-19(9-7-17)24-21(18-4-2-1-3-5-18)14-22-23(30-24)10-12-28-25(22)26(32)29-16-20-11-13-33-31-20/h1-14H,15-16,27H2,(H,29,32). The molecule has 0 saturated heterocycles. The van der Waals surface area contributed by atoms with Crippen molar-refractivity contribution in [2.45, 2.75) is 13.1 Å². The van der Waals surface area contributed by atoms with E-state index in [1.165, 1.54) is 6.26 Å². The van der Waals surface area contributed by atoms with Crippen LogP contribution in [0.4, 0.5) is 0 Å². The van der Waals surface area contributed by atoms with Gasteiger partial charge in [-0.2, -0.15) is 0 Å². The van der Waals surface area contributed by atoms with Crippen LogP contribution in [0.3, 0.4) is 0 Å². The Morgan fingerprint density at radius 3 is 2.52 bits per heavy atom. The van der Waals surface area contributed by atoms with Crippen LogP contribution in [0.25, 0.3) is 33.3 Å². The maximum Gasteiger partial charge on any atom is 0.270 e. The Kier molecular flexibility index (Phi) is 5.61. The molecule has 3 N–H and O–H groups in total. The van der Waals surface area contributed by atoms with E-state index in [0.29, 0.717) is 28.8 Å². The highest BCUT2D eigenvalue weighted by Crippen LogP contribution is 2.34. The summed E-state index contributed by atoms with van der Waals surface area (Å²) in [5.74, 6) is -0.301. The Morgan fingerprint density at radius 1 is 0.970 bits per heavy atom. The topological polar surface area (TPSA) is 107 Å². The molecule has 0 spiro atoms.